The maximum absolute atomic E-state index is 13.0. The maximum atomic E-state index is 13.0. The number of hydrogen-bond acceptors (Lipinski definition) is 3. The highest BCUT2D eigenvalue weighted by molar-refractivity contribution is 6.35. The van der Waals surface area contributed by atoms with Gasteiger partial charge in [-0.25, -0.2) is 15.2 Å². The molecule has 3 nitrogen and oxygen atoms in total. The Bertz CT molecular complexity index is 487. The van der Waals surface area contributed by atoms with Crippen LogP contribution in [0.5, 0.6) is 0 Å². The minimum absolute atomic E-state index is 0.346. The fraction of sp³-hybridized carbons (Fsp3) is 0. The number of nitrogens with one attached hydrogen (secondary N) is 1. The van der Waals surface area contributed by atoms with Crippen molar-refractivity contribution in [1.29, 1.82) is 0 Å². The van der Waals surface area contributed by atoms with Gasteiger partial charge in [0.05, 0.1) is 5.02 Å². The predicted octanol–water partition coefficient (Wildman–Crippen LogP) is 2.31. The van der Waals surface area contributed by atoms with Gasteiger partial charge in [0.2, 0.25) is 0 Å². The molecule has 0 radical (unpaired) electrons. The molecular weight excluding hydrogens is 205 g/mol. The number of rotatable bonds is 1. The standard InChI is InChI=1S/C9H7ClFN3/c10-8-4-5(11)3-7-6(8)1-2-13-9(7)14-12/h1-4H,12H2,(H,13,14). The summed E-state index contributed by atoms with van der Waals surface area (Å²) in [5.74, 6) is 5.23. The Hall–Kier alpha value is -1.39. The molecule has 0 aliphatic rings. The van der Waals surface area contributed by atoms with Gasteiger partial charge < -0.3 is 5.43 Å². The molecule has 2 aromatic rings. The molecule has 5 heteroatoms. The number of nitrogens with zero attached hydrogens (tertiary/aromatic N) is 1. The van der Waals surface area contributed by atoms with Crippen LogP contribution in [0.15, 0.2) is 24.4 Å². The van der Waals surface area contributed by atoms with Gasteiger partial charge in [-0.15, -0.1) is 0 Å². The zero-order chi connectivity index (χ0) is 10.1. The van der Waals surface area contributed by atoms with Gasteiger partial charge in [-0.1, -0.05) is 11.6 Å². The van der Waals surface area contributed by atoms with E-state index in [9.17, 15) is 4.39 Å². The number of nitrogens with two attached hydrogens (primary N) is 1. The van der Waals surface area contributed by atoms with Crippen LogP contribution in [0.2, 0.25) is 5.02 Å². The van der Waals surface area contributed by atoms with E-state index in [1.165, 1.54) is 12.1 Å². The molecule has 0 atom stereocenters. The highest BCUT2D eigenvalue weighted by Crippen LogP contribution is 2.28. The first-order valence-corrected chi connectivity index (χ1v) is 4.30. The first-order valence-electron chi connectivity index (χ1n) is 3.93. The number of hydrogen-bond donors (Lipinski definition) is 2. The van der Waals surface area contributed by atoms with Gasteiger partial charge in [0.1, 0.15) is 11.6 Å². The van der Waals surface area contributed by atoms with Crippen LogP contribution in [-0.2, 0) is 0 Å². The van der Waals surface area contributed by atoms with Gasteiger partial charge in [-0.2, -0.15) is 0 Å². The maximum Gasteiger partial charge on any atom is 0.147 e. The van der Waals surface area contributed by atoms with Crippen molar-refractivity contribution < 1.29 is 4.39 Å². The molecule has 0 fully saturated rings. The van der Waals surface area contributed by atoms with Crippen LogP contribution in [0.25, 0.3) is 10.8 Å². The number of anilines is 1. The van der Waals surface area contributed by atoms with Crippen molar-refractivity contribution in [3.05, 3.63) is 35.2 Å². The number of aromatic nitrogens is 1. The molecule has 0 saturated heterocycles. The van der Waals surface area contributed by atoms with Crippen molar-refractivity contribution in [3.8, 4) is 0 Å². The molecule has 2 rings (SSSR count). The van der Waals surface area contributed by atoms with Crippen molar-refractivity contribution in [2.24, 2.45) is 5.84 Å². The topological polar surface area (TPSA) is 50.9 Å². The SMILES string of the molecule is NNc1nccc2c(Cl)cc(F)cc12. The second-order valence-corrected chi connectivity index (χ2v) is 3.19. The van der Waals surface area contributed by atoms with E-state index in [2.05, 4.69) is 10.4 Å². The van der Waals surface area contributed by atoms with E-state index in [0.717, 1.165) is 5.39 Å². The van der Waals surface area contributed by atoms with Gasteiger partial charge in [0.15, 0.2) is 0 Å². The lowest BCUT2D eigenvalue weighted by molar-refractivity contribution is 0.630. The fourth-order valence-electron chi connectivity index (χ4n) is 1.32. The third-order valence-electron chi connectivity index (χ3n) is 1.93. The lowest BCUT2D eigenvalue weighted by Crippen LogP contribution is -2.08. The average Bonchev–Trinajstić information content (AvgIpc) is 2.17. The van der Waals surface area contributed by atoms with Crippen molar-refractivity contribution in [3.63, 3.8) is 0 Å². The first kappa shape index (κ1) is 9.18. The quantitative estimate of drug-likeness (QED) is 0.562. The molecule has 1 aromatic heterocycles. The second kappa shape index (κ2) is 3.40. The molecule has 0 saturated carbocycles. The minimum atomic E-state index is -0.410. The Morgan fingerprint density at radius 1 is 1.36 bits per heavy atom. The molecule has 0 aliphatic carbocycles. The van der Waals surface area contributed by atoms with Crippen LogP contribution in [0.3, 0.4) is 0 Å². The lowest BCUT2D eigenvalue weighted by Gasteiger charge is -2.05. The molecule has 0 aliphatic heterocycles. The zero-order valence-corrected chi connectivity index (χ0v) is 7.85. The summed E-state index contributed by atoms with van der Waals surface area (Å²) in [6, 6.07) is 4.30. The molecular formula is C9H7ClFN3. The third kappa shape index (κ3) is 1.38. The van der Waals surface area contributed by atoms with E-state index >= 15 is 0 Å². The third-order valence-corrected chi connectivity index (χ3v) is 2.24. The van der Waals surface area contributed by atoms with E-state index in [-0.39, 0.29) is 0 Å². The fourth-order valence-corrected chi connectivity index (χ4v) is 1.59. The van der Waals surface area contributed by atoms with E-state index in [4.69, 9.17) is 17.4 Å². The summed E-state index contributed by atoms with van der Waals surface area (Å²) in [7, 11) is 0. The highest BCUT2D eigenvalue weighted by atomic mass is 35.5. The second-order valence-electron chi connectivity index (χ2n) is 2.79. The molecule has 0 bridgehead atoms. The van der Waals surface area contributed by atoms with Gasteiger partial charge in [0, 0.05) is 17.0 Å². The molecule has 14 heavy (non-hydrogen) atoms. The Morgan fingerprint density at radius 2 is 2.14 bits per heavy atom. The summed E-state index contributed by atoms with van der Waals surface area (Å²) in [6.07, 6.45) is 1.56. The van der Waals surface area contributed by atoms with Crippen LogP contribution < -0.4 is 11.3 Å². The van der Waals surface area contributed by atoms with Crippen LogP contribution in [-0.4, -0.2) is 4.98 Å². The number of hydrazine groups is 1. The summed E-state index contributed by atoms with van der Waals surface area (Å²) in [5.41, 5.74) is 2.39. The lowest BCUT2D eigenvalue weighted by atomic mass is 10.1. The van der Waals surface area contributed by atoms with Crippen LogP contribution in [0, 0.1) is 5.82 Å². The minimum Gasteiger partial charge on any atom is -0.308 e. The number of halogens is 2. The van der Waals surface area contributed by atoms with Gasteiger partial charge in [0.25, 0.3) is 0 Å². The Labute approximate surface area is 84.7 Å². The Kier molecular flexibility index (Phi) is 2.23. The van der Waals surface area contributed by atoms with E-state index in [1.807, 2.05) is 0 Å². The van der Waals surface area contributed by atoms with E-state index in [1.54, 1.807) is 12.3 Å². The largest absolute Gasteiger partial charge is 0.308 e. The molecule has 0 amide bonds. The smallest absolute Gasteiger partial charge is 0.147 e. The first-order chi connectivity index (χ1) is 6.72. The van der Waals surface area contributed by atoms with Gasteiger partial charge >= 0.3 is 0 Å². The van der Waals surface area contributed by atoms with Crippen molar-refractivity contribution >= 4 is 28.2 Å². The highest BCUT2D eigenvalue weighted by Gasteiger charge is 2.06. The van der Waals surface area contributed by atoms with E-state index in [0.29, 0.717) is 16.2 Å². The number of fused-ring (bicyclic) bond motifs is 1. The summed E-state index contributed by atoms with van der Waals surface area (Å²) in [6.45, 7) is 0. The van der Waals surface area contributed by atoms with Crippen molar-refractivity contribution in [2.75, 3.05) is 5.43 Å². The van der Waals surface area contributed by atoms with Crippen LogP contribution >= 0.6 is 11.6 Å². The Morgan fingerprint density at radius 3 is 2.86 bits per heavy atom. The Balaban J connectivity index is 2.86. The molecule has 1 aromatic carbocycles. The van der Waals surface area contributed by atoms with Crippen LogP contribution in [0.4, 0.5) is 10.2 Å². The zero-order valence-electron chi connectivity index (χ0n) is 7.09. The molecule has 1 heterocycles. The monoisotopic (exact) mass is 211 g/mol. The number of pyridine rings is 1. The molecule has 0 unspecified atom stereocenters. The molecule has 3 N–H and O–H groups in total. The molecule has 72 valence electrons. The predicted molar refractivity (Wildman–Crippen MR) is 54.5 cm³/mol. The summed E-state index contributed by atoms with van der Waals surface area (Å²) in [5, 5.41) is 1.63. The van der Waals surface area contributed by atoms with Gasteiger partial charge in [-0.3, -0.25) is 0 Å². The summed E-state index contributed by atoms with van der Waals surface area (Å²) < 4.78 is 13.0. The van der Waals surface area contributed by atoms with Crippen molar-refractivity contribution in [1.82, 2.24) is 4.98 Å². The van der Waals surface area contributed by atoms with Gasteiger partial charge in [-0.05, 0) is 18.2 Å². The van der Waals surface area contributed by atoms with Crippen molar-refractivity contribution in [2.45, 2.75) is 0 Å². The molecule has 0 spiro atoms. The normalized spacial score (nSPS) is 10.5. The summed E-state index contributed by atoms with van der Waals surface area (Å²) >= 11 is 5.85. The average molecular weight is 212 g/mol. The summed E-state index contributed by atoms with van der Waals surface area (Å²) in [4.78, 5) is 3.95. The van der Waals surface area contributed by atoms with E-state index < -0.39 is 5.82 Å². The number of benzene rings is 1. The number of nitrogen functional groups attached to an aromatic ring is 1. The van der Waals surface area contributed by atoms with Crippen LogP contribution in [0.1, 0.15) is 0 Å².